The lowest BCUT2D eigenvalue weighted by Gasteiger charge is -2.28. The maximum Gasteiger partial charge on any atom is 0.337 e. The fraction of sp³-hybridized carbons (Fsp3) is 0.571. The quantitative estimate of drug-likeness (QED) is 0.465. The molecule has 0 aromatic heterocycles. The van der Waals surface area contributed by atoms with Crippen LogP contribution in [0.3, 0.4) is 0 Å². The Morgan fingerprint density at radius 1 is 1.32 bits per heavy atom. The number of carbonyl (C=O) groups is 2. The summed E-state index contributed by atoms with van der Waals surface area (Å²) in [6, 6.07) is 0. The first-order valence-corrected chi connectivity index (χ1v) is 6.49. The summed E-state index contributed by atoms with van der Waals surface area (Å²) >= 11 is 0. The molecule has 1 rings (SSSR count). The first-order valence-electron chi connectivity index (χ1n) is 6.49. The molecule has 1 aliphatic rings. The van der Waals surface area contributed by atoms with Crippen LogP contribution in [0.15, 0.2) is 23.8 Å². The molecule has 106 valence electrons. The van der Waals surface area contributed by atoms with Gasteiger partial charge in [0.25, 0.3) is 0 Å². The predicted octanol–water partition coefficient (Wildman–Crippen LogP) is 1.51. The van der Waals surface area contributed by atoms with Crippen molar-refractivity contribution < 1.29 is 24.2 Å². The summed E-state index contributed by atoms with van der Waals surface area (Å²) in [6.07, 6.45) is 6.33. The van der Waals surface area contributed by atoms with E-state index in [1.807, 2.05) is 0 Å². The van der Waals surface area contributed by atoms with Crippen molar-refractivity contribution in [2.24, 2.45) is 0 Å². The summed E-state index contributed by atoms with van der Waals surface area (Å²) in [7, 11) is 0. The molecular formula is C14H20O5. The average Bonchev–Trinajstić information content (AvgIpc) is 2.37. The van der Waals surface area contributed by atoms with E-state index in [1.54, 1.807) is 26.0 Å². The Bertz CT molecular complexity index is 397. The van der Waals surface area contributed by atoms with Crippen LogP contribution in [-0.2, 0) is 19.1 Å². The Morgan fingerprint density at radius 2 is 2.00 bits per heavy atom. The highest BCUT2D eigenvalue weighted by atomic mass is 16.5. The topological polar surface area (TPSA) is 72.8 Å². The van der Waals surface area contributed by atoms with Crippen LogP contribution in [0.2, 0.25) is 0 Å². The Morgan fingerprint density at radius 3 is 2.53 bits per heavy atom. The molecule has 5 heteroatoms. The number of ether oxygens (including phenoxy) is 2. The van der Waals surface area contributed by atoms with Crippen LogP contribution in [0.1, 0.15) is 33.1 Å². The van der Waals surface area contributed by atoms with Gasteiger partial charge in [0.2, 0.25) is 0 Å². The smallest absolute Gasteiger partial charge is 0.337 e. The van der Waals surface area contributed by atoms with E-state index in [-0.39, 0.29) is 18.8 Å². The molecule has 0 radical (unpaired) electrons. The molecule has 0 aliphatic heterocycles. The van der Waals surface area contributed by atoms with Crippen LogP contribution in [0, 0.1) is 0 Å². The van der Waals surface area contributed by atoms with Crippen LogP contribution in [0.4, 0.5) is 0 Å². The zero-order valence-electron chi connectivity index (χ0n) is 11.3. The minimum Gasteiger partial charge on any atom is -0.463 e. The van der Waals surface area contributed by atoms with Crippen molar-refractivity contribution >= 4 is 11.9 Å². The summed E-state index contributed by atoms with van der Waals surface area (Å²) in [4.78, 5) is 23.4. The van der Waals surface area contributed by atoms with Crippen molar-refractivity contribution in [3.05, 3.63) is 23.8 Å². The molecule has 5 nitrogen and oxygen atoms in total. The maximum absolute atomic E-state index is 11.9. The van der Waals surface area contributed by atoms with Crippen LogP contribution in [0.25, 0.3) is 0 Å². The minimum atomic E-state index is -1.45. The largest absolute Gasteiger partial charge is 0.463 e. The number of hydrogen-bond donors (Lipinski definition) is 1. The van der Waals surface area contributed by atoms with Gasteiger partial charge in [0.1, 0.15) is 5.60 Å². The number of hydrogen-bond acceptors (Lipinski definition) is 5. The van der Waals surface area contributed by atoms with Gasteiger partial charge in [0.05, 0.1) is 18.8 Å². The fourth-order valence-electron chi connectivity index (χ4n) is 1.95. The number of esters is 2. The lowest BCUT2D eigenvalue weighted by Crippen LogP contribution is -2.35. The summed E-state index contributed by atoms with van der Waals surface area (Å²) in [6.45, 7) is 3.73. The van der Waals surface area contributed by atoms with Crippen molar-refractivity contribution in [1.82, 2.24) is 0 Å². The van der Waals surface area contributed by atoms with Gasteiger partial charge < -0.3 is 14.6 Å². The third-order valence-electron chi connectivity index (χ3n) is 2.83. The summed E-state index contributed by atoms with van der Waals surface area (Å²) < 4.78 is 9.67. The van der Waals surface area contributed by atoms with Crippen molar-refractivity contribution in [3.63, 3.8) is 0 Å². The molecule has 0 saturated carbocycles. The molecule has 0 amide bonds. The van der Waals surface area contributed by atoms with Gasteiger partial charge in [-0.3, -0.25) is 0 Å². The Balaban J connectivity index is 3.04. The molecule has 0 fully saturated rings. The van der Waals surface area contributed by atoms with Crippen molar-refractivity contribution in [1.29, 1.82) is 0 Å². The van der Waals surface area contributed by atoms with E-state index in [2.05, 4.69) is 0 Å². The number of aliphatic hydroxyl groups is 1. The SMILES string of the molecule is CCOC(=O)/C=C(/C(=O)OCC)C1(O)C=CCCC1. The third-order valence-corrected chi connectivity index (χ3v) is 2.83. The first kappa shape index (κ1) is 15.4. The van der Waals surface area contributed by atoms with Gasteiger partial charge in [0, 0.05) is 6.08 Å². The van der Waals surface area contributed by atoms with Gasteiger partial charge in [0.15, 0.2) is 0 Å². The molecule has 1 unspecified atom stereocenters. The van der Waals surface area contributed by atoms with Crippen molar-refractivity contribution in [3.8, 4) is 0 Å². The van der Waals surface area contributed by atoms with E-state index in [4.69, 9.17) is 9.47 Å². The first-order chi connectivity index (χ1) is 9.03. The molecule has 0 aromatic carbocycles. The molecule has 1 N–H and O–H groups in total. The van der Waals surface area contributed by atoms with Crippen molar-refractivity contribution in [2.45, 2.75) is 38.7 Å². The molecule has 0 spiro atoms. The van der Waals surface area contributed by atoms with Gasteiger partial charge in [-0.25, -0.2) is 9.59 Å². The maximum atomic E-state index is 11.9. The number of carbonyl (C=O) groups excluding carboxylic acids is 2. The third kappa shape index (κ3) is 4.21. The second-order valence-electron chi connectivity index (χ2n) is 4.25. The lowest BCUT2D eigenvalue weighted by atomic mass is 9.84. The normalized spacial score (nSPS) is 23.0. The molecular weight excluding hydrogens is 248 g/mol. The highest BCUT2D eigenvalue weighted by Gasteiger charge is 2.36. The standard InChI is InChI=1S/C14H20O5/c1-3-18-12(15)10-11(13(16)19-4-2)14(17)8-6-5-7-9-14/h6,8,10,17H,3-5,7,9H2,1-2H3/b11-10-. The average molecular weight is 268 g/mol. The molecule has 1 aliphatic carbocycles. The molecule has 0 bridgehead atoms. The molecule has 0 aromatic rings. The second-order valence-corrected chi connectivity index (χ2v) is 4.25. The molecule has 19 heavy (non-hydrogen) atoms. The number of rotatable bonds is 5. The van der Waals surface area contributed by atoms with Gasteiger partial charge >= 0.3 is 11.9 Å². The molecule has 1 atom stereocenters. The van der Waals surface area contributed by atoms with Gasteiger partial charge in [-0.15, -0.1) is 0 Å². The highest BCUT2D eigenvalue weighted by molar-refractivity contribution is 5.98. The minimum absolute atomic E-state index is 0.0660. The molecule has 0 heterocycles. The predicted molar refractivity (Wildman–Crippen MR) is 69.3 cm³/mol. The summed E-state index contributed by atoms with van der Waals surface area (Å²) in [5, 5.41) is 10.5. The zero-order valence-corrected chi connectivity index (χ0v) is 11.3. The Kier molecular flexibility index (Phi) is 5.76. The van der Waals surface area contributed by atoms with Crippen LogP contribution >= 0.6 is 0 Å². The Hall–Kier alpha value is -1.62. The highest BCUT2D eigenvalue weighted by Crippen LogP contribution is 2.30. The van der Waals surface area contributed by atoms with Crippen LogP contribution in [-0.4, -0.2) is 35.9 Å². The monoisotopic (exact) mass is 268 g/mol. The van der Waals surface area contributed by atoms with E-state index < -0.39 is 17.5 Å². The van der Waals surface area contributed by atoms with E-state index in [1.165, 1.54) is 0 Å². The van der Waals surface area contributed by atoms with Crippen LogP contribution < -0.4 is 0 Å². The fourth-order valence-corrected chi connectivity index (χ4v) is 1.95. The second kappa shape index (κ2) is 7.09. The molecule has 0 saturated heterocycles. The zero-order chi connectivity index (χ0) is 14.3. The Labute approximate surface area is 112 Å². The van der Waals surface area contributed by atoms with E-state index in [0.29, 0.717) is 6.42 Å². The summed E-state index contributed by atoms with van der Waals surface area (Å²) in [5.74, 6) is -1.34. The van der Waals surface area contributed by atoms with E-state index in [9.17, 15) is 14.7 Å². The van der Waals surface area contributed by atoms with E-state index >= 15 is 0 Å². The van der Waals surface area contributed by atoms with Crippen molar-refractivity contribution in [2.75, 3.05) is 13.2 Å². The van der Waals surface area contributed by atoms with E-state index in [0.717, 1.165) is 18.9 Å². The van der Waals surface area contributed by atoms with Crippen LogP contribution in [0.5, 0.6) is 0 Å². The van der Waals surface area contributed by atoms with Gasteiger partial charge in [-0.2, -0.15) is 0 Å². The van der Waals surface area contributed by atoms with Gasteiger partial charge in [-0.05, 0) is 33.1 Å². The lowest BCUT2D eigenvalue weighted by molar-refractivity contribution is -0.142. The summed E-state index contributed by atoms with van der Waals surface area (Å²) in [5.41, 5.74) is -1.51. The van der Waals surface area contributed by atoms with Gasteiger partial charge in [-0.1, -0.05) is 12.2 Å². The number of allylic oxidation sites excluding steroid dienone is 1.